The number of ether oxygens (including phenoxy) is 1. The van der Waals surface area contributed by atoms with Gasteiger partial charge in [0.15, 0.2) is 8.32 Å². The number of hydrogen-bond donors (Lipinski definition) is 1. The summed E-state index contributed by atoms with van der Waals surface area (Å²) in [4.78, 5) is 28.0. The lowest BCUT2D eigenvalue weighted by Crippen LogP contribution is -2.45. The lowest BCUT2D eigenvalue weighted by atomic mass is 10.2. The molecule has 0 aliphatic carbocycles. The molecule has 0 bridgehead atoms. The number of carbonyl (C=O) groups excluding carboxylic acids is 2. The van der Waals surface area contributed by atoms with Crippen LogP contribution in [-0.4, -0.2) is 44.9 Å². The van der Waals surface area contributed by atoms with E-state index in [1.165, 1.54) is 13.3 Å². The number of esters is 1. The largest absolute Gasteiger partial charge is 0.467 e. The van der Waals surface area contributed by atoms with Crippen molar-refractivity contribution in [2.75, 3.05) is 13.7 Å². The Morgan fingerprint density at radius 1 is 1.33 bits per heavy atom. The summed E-state index contributed by atoms with van der Waals surface area (Å²) in [6.07, 6.45) is 3.41. The van der Waals surface area contributed by atoms with Gasteiger partial charge in [-0.2, -0.15) is 0 Å². The number of pyridine rings is 1. The Morgan fingerprint density at radius 3 is 2.50 bits per heavy atom. The fraction of sp³-hybridized carbons (Fsp3) is 0.588. The molecule has 134 valence electrons. The standard InChI is InChI=1S/C17H28N2O4Si/c1-17(2,3)24(5,6)23-11-9-14(16(21)22-4)19-15(20)13-8-7-10-18-12-13/h7-8,10,12,14H,9,11H2,1-6H3,(H,19,20)/t14-/m0/s1. The van der Waals surface area contributed by atoms with Crippen molar-refractivity contribution in [2.45, 2.75) is 51.4 Å². The number of nitrogens with zero attached hydrogens (tertiary/aromatic N) is 1. The number of carbonyl (C=O) groups is 2. The summed E-state index contributed by atoms with van der Waals surface area (Å²) in [6, 6.07) is 2.57. The van der Waals surface area contributed by atoms with Gasteiger partial charge in [-0.15, -0.1) is 0 Å². The summed E-state index contributed by atoms with van der Waals surface area (Å²) in [5.74, 6) is -0.836. The highest BCUT2D eigenvalue weighted by Gasteiger charge is 2.37. The number of aromatic nitrogens is 1. The van der Waals surface area contributed by atoms with Crippen LogP contribution in [0.2, 0.25) is 18.1 Å². The number of nitrogens with one attached hydrogen (secondary N) is 1. The van der Waals surface area contributed by atoms with E-state index in [1.54, 1.807) is 18.3 Å². The number of methoxy groups -OCH3 is 1. The van der Waals surface area contributed by atoms with Crippen molar-refractivity contribution in [1.29, 1.82) is 0 Å². The van der Waals surface area contributed by atoms with Gasteiger partial charge in [-0.1, -0.05) is 20.8 Å². The van der Waals surface area contributed by atoms with Gasteiger partial charge in [0.05, 0.1) is 12.7 Å². The van der Waals surface area contributed by atoms with Crippen molar-refractivity contribution >= 4 is 20.2 Å². The summed E-state index contributed by atoms with van der Waals surface area (Å²) in [5.41, 5.74) is 0.400. The quantitative estimate of drug-likeness (QED) is 0.603. The van der Waals surface area contributed by atoms with E-state index in [9.17, 15) is 9.59 Å². The molecule has 1 N–H and O–H groups in total. The van der Waals surface area contributed by atoms with Crippen LogP contribution in [0.1, 0.15) is 37.6 Å². The van der Waals surface area contributed by atoms with Gasteiger partial charge in [-0.05, 0) is 30.3 Å². The molecule has 6 nitrogen and oxygen atoms in total. The molecule has 0 radical (unpaired) electrons. The predicted octanol–water partition coefficient (Wildman–Crippen LogP) is 2.76. The molecular formula is C17H28N2O4Si. The van der Waals surface area contributed by atoms with Crippen molar-refractivity contribution < 1.29 is 18.8 Å². The van der Waals surface area contributed by atoms with Crippen molar-refractivity contribution in [2.24, 2.45) is 0 Å². The summed E-state index contributed by atoms with van der Waals surface area (Å²) in [7, 11) is -0.590. The summed E-state index contributed by atoms with van der Waals surface area (Å²) >= 11 is 0. The second-order valence-electron chi connectivity index (χ2n) is 7.19. The molecule has 1 aromatic heterocycles. The first-order valence-electron chi connectivity index (χ1n) is 8.01. The lowest BCUT2D eigenvalue weighted by molar-refractivity contribution is -0.143. The van der Waals surface area contributed by atoms with Crippen LogP contribution in [0, 0.1) is 0 Å². The van der Waals surface area contributed by atoms with E-state index in [-0.39, 0.29) is 10.9 Å². The average Bonchev–Trinajstić information content (AvgIpc) is 2.52. The van der Waals surface area contributed by atoms with Gasteiger partial charge >= 0.3 is 5.97 Å². The molecule has 1 heterocycles. The fourth-order valence-corrected chi connectivity index (χ4v) is 2.84. The maximum atomic E-state index is 12.2. The Hall–Kier alpha value is -1.73. The van der Waals surface area contributed by atoms with Crippen molar-refractivity contribution in [3.63, 3.8) is 0 Å². The molecule has 1 atom stereocenters. The minimum atomic E-state index is -1.90. The first-order chi connectivity index (χ1) is 11.1. The predicted molar refractivity (Wildman–Crippen MR) is 95.3 cm³/mol. The SMILES string of the molecule is COC(=O)[C@H](CCO[Si](C)(C)C(C)(C)C)NC(=O)c1cccnc1. The zero-order chi connectivity index (χ0) is 18.4. The van der Waals surface area contributed by atoms with E-state index in [0.717, 1.165) is 0 Å². The van der Waals surface area contributed by atoms with E-state index < -0.39 is 20.3 Å². The van der Waals surface area contributed by atoms with Crippen LogP contribution in [0.25, 0.3) is 0 Å². The molecule has 0 saturated carbocycles. The molecular weight excluding hydrogens is 324 g/mol. The number of amides is 1. The fourth-order valence-electron chi connectivity index (χ4n) is 1.78. The molecule has 0 saturated heterocycles. The third kappa shape index (κ3) is 5.72. The molecule has 1 amide bonds. The van der Waals surface area contributed by atoms with Crippen molar-refractivity contribution in [3.8, 4) is 0 Å². The van der Waals surface area contributed by atoms with Gasteiger partial charge in [0, 0.05) is 25.4 Å². The summed E-state index contributed by atoms with van der Waals surface area (Å²) in [5, 5.41) is 2.78. The molecule has 0 unspecified atom stereocenters. The van der Waals surface area contributed by atoms with Crippen LogP contribution in [0.15, 0.2) is 24.5 Å². The molecule has 24 heavy (non-hydrogen) atoms. The molecule has 0 aliphatic heterocycles. The van der Waals surface area contributed by atoms with Gasteiger partial charge in [0.25, 0.3) is 5.91 Å². The highest BCUT2D eigenvalue weighted by atomic mass is 28.4. The maximum Gasteiger partial charge on any atom is 0.328 e. The second kappa shape index (κ2) is 8.39. The van der Waals surface area contributed by atoms with Crippen molar-refractivity contribution in [1.82, 2.24) is 10.3 Å². The van der Waals surface area contributed by atoms with E-state index in [1.807, 2.05) is 0 Å². The normalized spacial score (nSPS) is 13.2. The van der Waals surface area contributed by atoms with Gasteiger partial charge in [0.2, 0.25) is 0 Å². The minimum Gasteiger partial charge on any atom is -0.467 e. The first-order valence-corrected chi connectivity index (χ1v) is 10.9. The maximum absolute atomic E-state index is 12.2. The molecule has 0 aliphatic rings. The molecule has 0 fully saturated rings. The van der Waals surface area contributed by atoms with E-state index in [0.29, 0.717) is 18.6 Å². The zero-order valence-electron chi connectivity index (χ0n) is 15.4. The van der Waals surface area contributed by atoms with Gasteiger partial charge < -0.3 is 14.5 Å². The Kier molecular flexibility index (Phi) is 7.10. The Bertz CT molecular complexity index is 555. The Labute approximate surface area is 145 Å². The Balaban J connectivity index is 2.67. The summed E-state index contributed by atoms with van der Waals surface area (Å²) in [6.45, 7) is 11.1. The van der Waals surface area contributed by atoms with Crippen molar-refractivity contribution in [3.05, 3.63) is 30.1 Å². The third-order valence-corrected chi connectivity index (χ3v) is 8.93. The minimum absolute atomic E-state index is 0.0900. The van der Waals surface area contributed by atoms with E-state index >= 15 is 0 Å². The smallest absolute Gasteiger partial charge is 0.328 e. The Morgan fingerprint density at radius 2 is 2.00 bits per heavy atom. The van der Waals surface area contributed by atoms with E-state index in [2.05, 4.69) is 44.2 Å². The van der Waals surface area contributed by atoms with Crippen LogP contribution in [-0.2, 0) is 14.0 Å². The van der Waals surface area contributed by atoms with Gasteiger partial charge in [-0.3, -0.25) is 9.78 Å². The number of hydrogen-bond acceptors (Lipinski definition) is 5. The number of rotatable bonds is 7. The first kappa shape index (κ1) is 20.3. The molecule has 0 spiro atoms. The third-order valence-electron chi connectivity index (χ3n) is 4.39. The van der Waals surface area contributed by atoms with Crippen LogP contribution >= 0.6 is 0 Å². The monoisotopic (exact) mass is 352 g/mol. The molecule has 1 rings (SSSR count). The zero-order valence-corrected chi connectivity index (χ0v) is 16.4. The highest BCUT2D eigenvalue weighted by molar-refractivity contribution is 6.74. The highest BCUT2D eigenvalue weighted by Crippen LogP contribution is 2.36. The molecule has 0 aromatic carbocycles. The van der Waals surface area contributed by atoms with Gasteiger partial charge in [-0.25, -0.2) is 4.79 Å². The topological polar surface area (TPSA) is 77.5 Å². The van der Waals surface area contributed by atoms with Crippen LogP contribution in [0.3, 0.4) is 0 Å². The summed E-state index contributed by atoms with van der Waals surface area (Å²) < 4.78 is 10.9. The lowest BCUT2D eigenvalue weighted by Gasteiger charge is -2.36. The van der Waals surface area contributed by atoms with Crippen LogP contribution < -0.4 is 5.32 Å². The molecule has 7 heteroatoms. The van der Waals surface area contributed by atoms with Gasteiger partial charge in [0.1, 0.15) is 6.04 Å². The second-order valence-corrected chi connectivity index (χ2v) is 12.0. The average molecular weight is 353 g/mol. The molecule has 1 aromatic rings. The van der Waals surface area contributed by atoms with Crippen LogP contribution in [0.4, 0.5) is 0 Å². The van der Waals surface area contributed by atoms with Crippen LogP contribution in [0.5, 0.6) is 0 Å². The van der Waals surface area contributed by atoms with E-state index in [4.69, 9.17) is 9.16 Å².